The number of methoxy groups -OCH3 is 3. The summed E-state index contributed by atoms with van der Waals surface area (Å²) in [5, 5.41) is 17.0. The maximum atomic E-state index is 8.58. The Bertz CT molecular complexity index is 129. The van der Waals surface area contributed by atoms with E-state index in [9.17, 15) is 0 Å². The topological polar surface area (TPSA) is 68.2 Å². The summed E-state index contributed by atoms with van der Waals surface area (Å²) in [6.45, 7) is 8.04. The molecule has 0 saturated heterocycles. The minimum atomic E-state index is 0.0417. The van der Waals surface area contributed by atoms with E-state index in [2.05, 4.69) is 6.92 Å². The van der Waals surface area contributed by atoms with Gasteiger partial charge in [-0.15, -0.1) is 0 Å². The normalized spacial score (nSPS) is 12.6. The van der Waals surface area contributed by atoms with Crippen LogP contribution in [0.5, 0.6) is 0 Å². The molecule has 5 nitrogen and oxygen atoms in total. The second kappa shape index (κ2) is 23.9. The van der Waals surface area contributed by atoms with Gasteiger partial charge in [-0.2, -0.15) is 0 Å². The molecular weight excluding hydrogens is 260 g/mol. The first kappa shape index (κ1) is 24.8. The minimum Gasteiger partial charge on any atom is -0.396 e. The number of aliphatic hydroxyl groups is 2. The highest BCUT2D eigenvalue weighted by Gasteiger charge is 2.01. The molecule has 2 unspecified atom stereocenters. The lowest BCUT2D eigenvalue weighted by molar-refractivity contribution is 0.0467. The van der Waals surface area contributed by atoms with E-state index < -0.39 is 0 Å². The summed E-state index contributed by atoms with van der Waals surface area (Å²) in [5.74, 6) is 0.333. The first-order valence-electron chi connectivity index (χ1n) is 7.33. The first-order chi connectivity index (χ1) is 9.61. The van der Waals surface area contributed by atoms with E-state index in [0.717, 1.165) is 25.9 Å². The third-order valence-corrected chi connectivity index (χ3v) is 2.64. The Hall–Kier alpha value is -0.200. The van der Waals surface area contributed by atoms with Gasteiger partial charge in [-0.05, 0) is 19.3 Å². The third kappa shape index (κ3) is 22.9. The highest BCUT2D eigenvalue weighted by molar-refractivity contribution is 4.50. The van der Waals surface area contributed by atoms with Crippen molar-refractivity contribution in [1.29, 1.82) is 0 Å². The molecule has 0 aromatic carbocycles. The molecule has 0 aliphatic rings. The van der Waals surface area contributed by atoms with Crippen LogP contribution in [-0.2, 0) is 14.2 Å². The van der Waals surface area contributed by atoms with Crippen LogP contribution in [0.4, 0.5) is 0 Å². The van der Waals surface area contributed by atoms with Crippen LogP contribution in [0.25, 0.3) is 0 Å². The lowest BCUT2D eigenvalue weighted by Gasteiger charge is -2.07. The van der Waals surface area contributed by atoms with Gasteiger partial charge in [-0.25, -0.2) is 0 Å². The van der Waals surface area contributed by atoms with E-state index in [1.54, 1.807) is 21.3 Å². The van der Waals surface area contributed by atoms with Crippen LogP contribution in [0, 0.1) is 5.92 Å². The number of hydrogen-bond donors (Lipinski definition) is 2. The molecule has 0 bridgehead atoms. The fourth-order valence-electron chi connectivity index (χ4n) is 1.11. The third-order valence-electron chi connectivity index (χ3n) is 2.64. The van der Waals surface area contributed by atoms with E-state index in [1.807, 2.05) is 13.8 Å². The highest BCUT2D eigenvalue weighted by Crippen LogP contribution is 1.99. The van der Waals surface area contributed by atoms with Crippen molar-refractivity contribution in [3.63, 3.8) is 0 Å². The molecular formula is C15H36O5. The van der Waals surface area contributed by atoms with Gasteiger partial charge < -0.3 is 24.4 Å². The molecule has 126 valence electrons. The molecule has 0 heterocycles. The molecule has 0 spiro atoms. The number of hydrogen-bond acceptors (Lipinski definition) is 5. The Labute approximate surface area is 125 Å². The van der Waals surface area contributed by atoms with Gasteiger partial charge in [0.05, 0.1) is 19.3 Å². The van der Waals surface area contributed by atoms with Crippen molar-refractivity contribution in [2.45, 2.75) is 46.1 Å². The van der Waals surface area contributed by atoms with E-state index >= 15 is 0 Å². The predicted molar refractivity (Wildman–Crippen MR) is 83.1 cm³/mol. The van der Waals surface area contributed by atoms with Crippen molar-refractivity contribution in [2.75, 3.05) is 47.8 Å². The first-order valence-corrected chi connectivity index (χ1v) is 7.33. The molecule has 0 saturated carbocycles. The lowest BCUT2D eigenvalue weighted by Crippen LogP contribution is -2.13. The summed E-state index contributed by atoms with van der Waals surface area (Å²) in [6, 6.07) is 0. The van der Waals surface area contributed by atoms with Gasteiger partial charge in [0.15, 0.2) is 0 Å². The Morgan fingerprint density at radius 1 is 0.850 bits per heavy atom. The largest absolute Gasteiger partial charge is 0.396 e. The van der Waals surface area contributed by atoms with Gasteiger partial charge >= 0.3 is 0 Å². The highest BCUT2D eigenvalue weighted by atomic mass is 16.5. The number of ether oxygens (including phenoxy) is 3. The fourth-order valence-corrected chi connectivity index (χ4v) is 1.11. The van der Waals surface area contributed by atoms with E-state index in [0.29, 0.717) is 12.5 Å². The maximum absolute atomic E-state index is 8.58. The van der Waals surface area contributed by atoms with Crippen molar-refractivity contribution < 1.29 is 24.4 Å². The summed E-state index contributed by atoms with van der Waals surface area (Å²) < 4.78 is 14.3. The van der Waals surface area contributed by atoms with Gasteiger partial charge in [-0.3, -0.25) is 0 Å². The standard InChI is InChI=1S/C6H14O2.C5H12O2.C4H10O/c1-3-6(4-7)5-8-2;1-3-5(4-6)7-2;1-3-4-5-2/h6-7H,3-5H2,1-2H3;5-6H,3-4H2,1-2H3;3-4H2,1-2H3. The Morgan fingerprint density at radius 2 is 1.45 bits per heavy atom. The van der Waals surface area contributed by atoms with E-state index in [4.69, 9.17) is 24.4 Å². The quantitative estimate of drug-likeness (QED) is 0.682. The average molecular weight is 296 g/mol. The summed E-state index contributed by atoms with van der Waals surface area (Å²) in [5.41, 5.74) is 0. The Kier molecular flexibility index (Phi) is 29.6. The molecule has 0 fully saturated rings. The van der Waals surface area contributed by atoms with E-state index in [-0.39, 0.29) is 19.3 Å². The molecule has 0 amide bonds. The number of rotatable bonds is 9. The molecule has 0 aromatic heterocycles. The molecule has 5 heteroatoms. The second-order valence-electron chi connectivity index (χ2n) is 4.35. The van der Waals surface area contributed by atoms with E-state index in [1.165, 1.54) is 0 Å². The summed E-state index contributed by atoms with van der Waals surface area (Å²) >= 11 is 0. The second-order valence-corrected chi connectivity index (χ2v) is 4.35. The molecule has 0 aliphatic heterocycles. The lowest BCUT2D eigenvalue weighted by atomic mass is 10.1. The molecule has 0 aliphatic carbocycles. The maximum Gasteiger partial charge on any atom is 0.0799 e. The summed E-state index contributed by atoms with van der Waals surface area (Å²) in [4.78, 5) is 0. The minimum absolute atomic E-state index is 0.0417. The zero-order valence-corrected chi connectivity index (χ0v) is 14.2. The smallest absolute Gasteiger partial charge is 0.0799 e. The SMILES string of the molecule is CCC(CO)COC.CCC(CO)OC.CCCOC. The van der Waals surface area contributed by atoms with Crippen LogP contribution in [0.3, 0.4) is 0 Å². The van der Waals surface area contributed by atoms with Gasteiger partial charge in [0.1, 0.15) is 0 Å². The van der Waals surface area contributed by atoms with Crippen LogP contribution in [-0.4, -0.2) is 64.1 Å². The van der Waals surface area contributed by atoms with Gasteiger partial charge in [0.25, 0.3) is 0 Å². The Balaban J connectivity index is -0.000000223. The summed E-state index contributed by atoms with van der Waals surface area (Å²) in [6.07, 6.45) is 3.04. The van der Waals surface area contributed by atoms with Crippen molar-refractivity contribution in [2.24, 2.45) is 5.92 Å². The molecule has 2 atom stereocenters. The average Bonchev–Trinajstić information content (AvgIpc) is 2.49. The zero-order valence-electron chi connectivity index (χ0n) is 14.2. The van der Waals surface area contributed by atoms with Crippen LogP contribution in [0.15, 0.2) is 0 Å². The van der Waals surface area contributed by atoms with Gasteiger partial charge in [0, 0.05) is 40.5 Å². The van der Waals surface area contributed by atoms with Gasteiger partial charge in [0.2, 0.25) is 0 Å². The van der Waals surface area contributed by atoms with Crippen molar-refractivity contribution in [3.05, 3.63) is 0 Å². The van der Waals surface area contributed by atoms with Crippen molar-refractivity contribution in [3.8, 4) is 0 Å². The molecule has 2 N–H and O–H groups in total. The van der Waals surface area contributed by atoms with Crippen molar-refractivity contribution >= 4 is 0 Å². The van der Waals surface area contributed by atoms with Crippen LogP contribution >= 0.6 is 0 Å². The van der Waals surface area contributed by atoms with Crippen LogP contribution < -0.4 is 0 Å². The Morgan fingerprint density at radius 3 is 1.50 bits per heavy atom. The molecule has 0 rings (SSSR count). The molecule has 20 heavy (non-hydrogen) atoms. The monoisotopic (exact) mass is 296 g/mol. The van der Waals surface area contributed by atoms with Crippen LogP contribution in [0.1, 0.15) is 40.0 Å². The molecule has 0 radical (unpaired) electrons. The summed E-state index contributed by atoms with van der Waals surface area (Å²) in [7, 11) is 4.96. The van der Waals surface area contributed by atoms with Gasteiger partial charge in [-0.1, -0.05) is 20.8 Å². The van der Waals surface area contributed by atoms with Crippen LogP contribution in [0.2, 0.25) is 0 Å². The zero-order chi connectivity index (χ0) is 16.2. The van der Waals surface area contributed by atoms with Crippen molar-refractivity contribution in [1.82, 2.24) is 0 Å². The predicted octanol–water partition coefficient (Wildman–Crippen LogP) is 2.10. The fraction of sp³-hybridized carbons (Fsp3) is 1.00. The molecule has 0 aromatic rings. The number of aliphatic hydroxyl groups excluding tert-OH is 2.